The van der Waals surface area contributed by atoms with Crippen molar-refractivity contribution in [1.29, 1.82) is 0 Å². The van der Waals surface area contributed by atoms with Crippen molar-refractivity contribution in [2.75, 3.05) is 13.2 Å². The standard InChI is InChI=1S/C19H22FNO2/c20-18-3-1-2-17(12-18)19(8-10-23-11-9-19)21-13-15-4-6-16(14-22)7-5-15/h1-7,12,21-22H,8-11,13-14H2. The fraction of sp³-hybridized carbons (Fsp3) is 0.368. The zero-order valence-electron chi connectivity index (χ0n) is 13.1. The molecule has 2 aromatic rings. The third-order valence-electron chi connectivity index (χ3n) is 4.56. The molecule has 0 amide bonds. The molecule has 1 fully saturated rings. The highest BCUT2D eigenvalue weighted by Gasteiger charge is 2.34. The van der Waals surface area contributed by atoms with E-state index in [1.165, 1.54) is 6.07 Å². The summed E-state index contributed by atoms with van der Waals surface area (Å²) in [4.78, 5) is 0. The number of aliphatic hydroxyl groups is 1. The maximum absolute atomic E-state index is 13.7. The van der Waals surface area contributed by atoms with Crippen LogP contribution in [0.5, 0.6) is 0 Å². The van der Waals surface area contributed by atoms with Gasteiger partial charge < -0.3 is 15.2 Å². The Hall–Kier alpha value is -1.75. The van der Waals surface area contributed by atoms with Crippen LogP contribution in [0, 0.1) is 5.82 Å². The van der Waals surface area contributed by atoms with Gasteiger partial charge in [-0.2, -0.15) is 0 Å². The fourth-order valence-corrected chi connectivity index (χ4v) is 3.11. The molecule has 3 nitrogen and oxygen atoms in total. The van der Waals surface area contributed by atoms with Gasteiger partial charge in [0.2, 0.25) is 0 Å². The highest BCUT2D eigenvalue weighted by atomic mass is 19.1. The van der Waals surface area contributed by atoms with E-state index in [0.717, 1.165) is 29.5 Å². The Bertz CT molecular complexity index is 636. The van der Waals surface area contributed by atoms with Crippen molar-refractivity contribution in [1.82, 2.24) is 5.32 Å². The number of nitrogens with one attached hydrogen (secondary N) is 1. The minimum Gasteiger partial charge on any atom is -0.392 e. The lowest BCUT2D eigenvalue weighted by atomic mass is 9.82. The maximum atomic E-state index is 13.7. The Labute approximate surface area is 136 Å². The third-order valence-corrected chi connectivity index (χ3v) is 4.56. The summed E-state index contributed by atoms with van der Waals surface area (Å²) in [5.41, 5.74) is 2.77. The first kappa shape index (κ1) is 16.1. The van der Waals surface area contributed by atoms with Crippen LogP contribution in [0.25, 0.3) is 0 Å². The largest absolute Gasteiger partial charge is 0.392 e. The second-order valence-corrected chi connectivity index (χ2v) is 6.03. The molecule has 23 heavy (non-hydrogen) atoms. The number of ether oxygens (including phenoxy) is 1. The maximum Gasteiger partial charge on any atom is 0.123 e. The molecule has 0 radical (unpaired) electrons. The molecule has 0 atom stereocenters. The second-order valence-electron chi connectivity index (χ2n) is 6.03. The van der Waals surface area contributed by atoms with Gasteiger partial charge >= 0.3 is 0 Å². The van der Waals surface area contributed by atoms with E-state index in [9.17, 15) is 4.39 Å². The molecule has 2 aromatic carbocycles. The van der Waals surface area contributed by atoms with E-state index < -0.39 is 0 Å². The van der Waals surface area contributed by atoms with Crippen molar-refractivity contribution in [3.8, 4) is 0 Å². The summed E-state index contributed by atoms with van der Waals surface area (Å²) in [5, 5.41) is 12.7. The van der Waals surface area contributed by atoms with Crippen LogP contribution < -0.4 is 5.32 Å². The SMILES string of the molecule is OCc1ccc(CNC2(c3cccc(F)c3)CCOCC2)cc1. The van der Waals surface area contributed by atoms with Crippen LogP contribution in [-0.2, 0) is 23.4 Å². The highest BCUT2D eigenvalue weighted by molar-refractivity contribution is 5.27. The van der Waals surface area contributed by atoms with Crippen LogP contribution in [0.1, 0.15) is 29.5 Å². The van der Waals surface area contributed by atoms with Crippen LogP contribution in [0.4, 0.5) is 4.39 Å². The van der Waals surface area contributed by atoms with Gasteiger partial charge in [0.25, 0.3) is 0 Å². The molecule has 0 bridgehead atoms. The first-order valence-corrected chi connectivity index (χ1v) is 7.99. The molecule has 1 saturated heterocycles. The van der Waals surface area contributed by atoms with Crippen molar-refractivity contribution in [3.05, 3.63) is 71.0 Å². The molecule has 122 valence electrons. The van der Waals surface area contributed by atoms with Crippen LogP contribution in [0.3, 0.4) is 0 Å². The Balaban J connectivity index is 1.78. The van der Waals surface area contributed by atoms with E-state index >= 15 is 0 Å². The number of benzene rings is 2. The first-order chi connectivity index (χ1) is 11.2. The van der Waals surface area contributed by atoms with Crippen molar-refractivity contribution >= 4 is 0 Å². The van der Waals surface area contributed by atoms with E-state index in [4.69, 9.17) is 9.84 Å². The lowest BCUT2D eigenvalue weighted by Crippen LogP contribution is -2.46. The summed E-state index contributed by atoms with van der Waals surface area (Å²) in [5.74, 6) is -0.206. The molecule has 0 aliphatic carbocycles. The zero-order chi connectivity index (χ0) is 16.1. The molecular weight excluding hydrogens is 293 g/mol. The molecule has 0 saturated carbocycles. The minimum atomic E-state index is -0.254. The van der Waals surface area contributed by atoms with Crippen LogP contribution in [0.15, 0.2) is 48.5 Å². The summed E-state index contributed by atoms with van der Waals surface area (Å²) in [6, 6.07) is 14.7. The lowest BCUT2D eigenvalue weighted by Gasteiger charge is -2.39. The summed E-state index contributed by atoms with van der Waals surface area (Å²) >= 11 is 0. The van der Waals surface area contributed by atoms with Gasteiger partial charge in [-0.1, -0.05) is 36.4 Å². The molecule has 0 unspecified atom stereocenters. The molecule has 2 N–H and O–H groups in total. The predicted molar refractivity (Wildman–Crippen MR) is 87.3 cm³/mol. The van der Waals surface area contributed by atoms with Crippen molar-refractivity contribution in [2.24, 2.45) is 0 Å². The molecule has 0 spiro atoms. The Morgan fingerprint density at radius 1 is 1.04 bits per heavy atom. The third kappa shape index (κ3) is 3.78. The predicted octanol–water partition coefficient (Wildman–Crippen LogP) is 3.11. The minimum absolute atomic E-state index is 0.0538. The summed E-state index contributed by atoms with van der Waals surface area (Å²) in [6.07, 6.45) is 1.65. The first-order valence-electron chi connectivity index (χ1n) is 7.99. The number of rotatable bonds is 5. The number of hydrogen-bond donors (Lipinski definition) is 2. The lowest BCUT2D eigenvalue weighted by molar-refractivity contribution is 0.0356. The van der Waals surface area contributed by atoms with E-state index in [2.05, 4.69) is 5.32 Å². The number of hydrogen-bond acceptors (Lipinski definition) is 3. The molecule has 1 heterocycles. The van der Waals surface area contributed by atoms with Gasteiger partial charge in [0.15, 0.2) is 0 Å². The number of aliphatic hydroxyl groups excluding tert-OH is 1. The summed E-state index contributed by atoms with van der Waals surface area (Å²) < 4.78 is 19.2. The van der Waals surface area contributed by atoms with Gasteiger partial charge in [-0.05, 0) is 41.7 Å². The molecular formula is C19H22FNO2. The Morgan fingerprint density at radius 3 is 2.39 bits per heavy atom. The van der Waals surface area contributed by atoms with E-state index in [0.29, 0.717) is 19.8 Å². The van der Waals surface area contributed by atoms with Crippen molar-refractivity contribution in [3.63, 3.8) is 0 Å². The number of halogens is 1. The van der Waals surface area contributed by atoms with Crippen molar-refractivity contribution in [2.45, 2.75) is 31.5 Å². The quantitative estimate of drug-likeness (QED) is 0.891. The molecule has 0 aromatic heterocycles. The van der Waals surface area contributed by atoms with E-state index in [1.807, 2.05) is 30.3 Å². The van der Waals surface area contributed by atoms with Crippen LogP contribution >= 0.6 is 0 Å². The molecule has 1 aliphatic heterocycles. The fourth-order valence-electron chi connectivity index (χ4n) is 3.11. The second kappa shape index (κ2) is 7.21. The normalized spacial score (nSPS) is 17.1. The monoisotopic (exact) mass is 315 g/mol. The topological polar surface area (TPSA) is 41.5 Å². The van der Waals surface area contributed by atoms with Gasteiger partial charge in [-0.15, -0.1) is 0 Å². The summed E-state index contributed by atoms with van der Waals surface area (Å²) in [6.45, 7) is 2.10. The zero-order valence-corrected chi connectivity index (χ0v) is 13.1. The van der Waals surface area contributed by atoms with Gasteiger partial charge in [-0.3, -0.25) is 0 Å². The van der Waals surface area contributed by atoms with E-state index in [1.54, 1.807) is 12.1 Å². The van der Waals surface area contributed by atoms with Gasteiger partial charge in [0, 0.05) is 25.3 Å². The van der Waals surface area contributed by atoms with Crippen LogP contribution in [-0.4, -0.2) is 18.3 Å². The van der Waals surface area contributed by atoms with Gasteiger partial charge in [0.1, 0.15) is 5.82 Å². The average Bonchev–Trinajstić information content (AvgIpc) is 2.61. The van der Waals surface area contributed by atoms with Crippen molar-refractivity contribution < 1.29 is 14.2 Å². The van der Waals surface area contributed by atoms with Crippen LogP contribution in [0.2, 0.25) is 0 Å². The highest BCUT2D eigenvalue weighted by Crippen LogP contribution is 2.33. The average molecular weight is 315 g/mol. The Kier molecular flexibility index (Phi) is 5.06. The Morgan fingerprint density at radius 2 is 1.74 bits per heavy atom. The van der Waals surface area contributed by atoms with E-state index in [-0.39, 0.29) is 18.0 Å². The molecule has 3 rings (SSSR count). The summed E-state index contributed by atoms with van der Waals surface area (Å²) in [7, 11) is 0. The molecule has 4 heteroatoms. The van der Waals surface area contributed by atoms with Gasteiger partial charge in [-0.25, -0.2) is 4.39 Å². The smallest absolute Gasteiger partial charge is 0.123 e. The molecule has 1 aliphatic rings. The van der Waals surface area contributed by atoms with Gasteiger partial charge in [0.05, 0.1) is 6.61 Å².